The smallest absolute Gasteiger partial charge is 0.240 e. The van der Waals surface area contributed by atoms with E-state index < -0.39 is 20.0 Å². The Balaban J connectivity index is 3.65. The molecule has 0 spiro atoms. The van der Waals surface area contributed by atoms with Gasteiger partial charge in [-0.1, -0.05) is 0 Å². The third-order valence-corrected chi connectivity index (χ3v) is 3.94. The van der Waals surface area contributed by atoms with E-state index in [-0.39, 0.29) is 21.0 Å². The molecule has 0 fully saturated rings. The quantitative estimate of drug-likeness (QED) is 0.579. The molecular formula is C7H11N3O4S2. The van der Waals surface area contributed by atoms with Gasteiger partial charge in [0.1, 0.15) is 4.90 Å². The van der Waals surface area contributed by atoms with Crippen molar-refractivity contribution in [3.63, 3.8) is 0 Å². The lowest BCUT2D eigenvalue weighted by Gasteiger charge is -2.08. The number of anilines is 1. The summed E-state index contributed by atoms with van der Waals surface area (Å²) in [5, 5.41) is 9.82. The topological polar surface area (TPSA) is 146 Å². The van der Waals surface area contributed by atoms with Crippen LogP contribution in [0.1, 0.15) is 5.56 Å². The summed E-state index contributed by atoms with van der Waals surface area (Å²) in [6.07, 6.45) is 0. The standard InChI is InChI=1S/C7H11N3O4S2/c1-4-2-7(16(10,13)14)5(8)3-6(4)15(9,11)12/h2-3H,8H2,1H3,(H2,9,11,12)(H2,10,13,14). The van der Waals surface area contributed by atoms with Gasteiger partial charge in [-0.25, -0.2) is 27.1 Å². The monoisotopic (exact) mass is 265 g/mol. The third kappa shape index (κ3) is 2.50. The van der Waals surface area contributed by atoms with Crippen LogP contribution < -0.4 is 16.0 Å². The number of hydrogen-bond donors (Lipinski definition) is 3. The highest BCUT2D eigenvalue weighted by molar-refractivity contribution is 7.89. The fraction of sp³-hybridized carbons (Fsp3) is 0.143. The molecule has 1 aromatic carbocycles. The van der Waals surface area contributed by atoms with Crippen LogP contribution >= 0.6 is 0 Å². The van der Waals surface area contributed by atoms with E-state index in [1.165, 1.54) is 6.92 Å². The fourth-order valence-corrected chi connectivity index (χ4v) is 2.76. The lowest BCUT2D eigenvalue weighted by molar-refractivity contribution is 0.593. The van der Waals surface area contributed by atoms with E-state index in [2.05, 4.69) is 0 Å². The summed E-state index contributed by atoms with van der Waals surface area (Å²) in [5.41, 5.74) is 5.31. The zero-order chi connectivity index (χ0) is 12.7. The lowest BCUT2D eigenvalue weighted by Crippen LogP contribution is -2.18. The number of nitrogen functional groups attached to an aromatic ring is 1. The predicted octanol–water partition coefficient (Wildman–Crippen LogP) is -1.13. The van der Waals surface area contributed by atoms with Crippen LogP contribution in [-0.4, -0.2) is 16.8 Å². The maximum absolute atomic E-state index is 11.1. The average Bonchev–Trinajstić information content (AvgIpc) is 2.04. The first kappa shape index (κ1) is 12.9. The minimum atomic E-state index is -3.98. The van der Waals surface area contributed by atoms with E-state index in [4.69, 9.17) is 16.0 Å². The molecular weight excluding hydrogens is 254 g/mol. The molecule has 0 unspecified atom stereocenters. The van der Waals surface area contributed by atoms with Gasteiger partial charge in [0, 0.05) is 0 Å². The second-order valence-electron chi connectivity index (χ2n) is 3.25. The predicted molar refractivity (Wildman–Crippen MR) is 58.3 cm³/mol. The third-order valence-electron chi connectivity index (χ3n) is 1.92. The van der Waals surface area contributed by atoms with Gasteiger partial charge in [-0.05, 0) is 24.6 Å². The Bertz CT molecular complexity index is 576. The molecule has 0 saturated carbocycles. The summed E-state index contributed by atoms with van der Waals surface area (Å²) in [5.74, 6) is 0. The number of aryl methyl sites for hydroxylation is 1. The van der Waals surface area contributed by atoms with Crippen molar-refractivity contribution in [2.45, 2.75) is 16.7 Å². The Morgan fingerprint density at radius 3 is 1.75 bits per heavy atom. The van der Waals surface area contributed by atoms with E-state index >= 15 is 0 Å². The Hall–Kier alpha value is -1.16. The van der Waals surface area contributed by atoms with Crippen LogP contribution in [0.25, 0.3) is 0 Å². The van der Waals surface area contributed by atoms with Crippen molar-refractivity contribution < 1.29 is 16.8 Å². The van der Waals surface area contributed by atoms with E-state index in [1.807, 2.05) is 0 Å². The van der Waals surface area contributed by atoms with Gasteiger partial charge in [-0.15, -0.1) is 0 Å². The second kappa shape index (κ2) is 3.70. The summed E-state index contributed by atoms with van der Waals surface area (Å²) in [4.78, 5) is -0.546. The number of benzene rings is 1. The van der Waals surface area contributed by atoms with Gasteiger partial charge in [0.15, 0.2) is 0 Å². The fourth-order valence-electron chi connectivity index (χ4n) is 1.23. The molecule has 0 heterocycles. The molecule has 0 bridgehead atoms. The molecule has 0 aliphatic heterocycles. The van der Waals surface area contributed by atoms with Crippen molar-refractivity contribution in [3.05, 3.63) is 17.7 Å². The van der Waals surface area contributed by atoms with Crippen LogP contribution in [0.5, 0.6) is 0 Å². The van der Waals surface area contributed by atoms with Crippen LogP contribution in [0.4, 0.5) is 5.69 Å². The van der Waals surface area contributed by atoms with Crippen LogP contribution in [0.2, 0.25) is 0 Å². The largest absolute Gasteiger partial charge is 0.398 e. The summed E-state index contributed by atoms with van der Waals surface area (Å²) in [7, 11) is -7.91. The van der Waals surface area contributed by atoms with E-state index in [0.717, 1.165) is 12.1 Å². The molecule has 0 aromatic heterocycles. The van der Waals surface area contributed by atoms with Gasteiger partial charge >= 0.3 is 0 Å². The summed E-state index contributed by atoms with van der Waals surface area (Å²) < 4.78 is 44.4. The minimum absolute atomic E-state index is 0.167. The van der Waals surface area contributed by atoms with Crippen molar-refractivity contribution in [2.24, 2.45) is 10.3 Å². The van der Waals surface area contributed by atoms with Gasteiger partial charge in [0.25, 0.3) is 0 Å². The van der Waals surface area contributed by atoms with E-state index in [1.54, 1.807) is 0 Å². The maximum atomic E-state index is 11.1. The van der Waals surface area contributed by atoms with Gasteiger partial charge in [0.05, 0.1) is 10.6 Å². The average molecular weight is 265 g/mol. The van der Waals surface area contributed by atoms with Gasteiger partial charge in [-0.3, -0.25) is 0 Å². The SMILES string of the molecule is Cc1cc(S(N)(=O)=O)c(N)cc1S(N)(=O)=O. The van der Waals surface area contributed by atoms with Crippen molar-refractivity contribution >= 4 is 25.7 Å². The first-order chi connectivity index (χ1) is 7.03. The highest BCUT2D eigenvalue weighted by atomic mass is 32.2. The van der Waals surface area contributed by atoms with Crippen LogP contribution in [0.3, 0.4) is 0 Å². The second-order valence-corrected chi connectivity index (χ2v) is 6.31. The number of primary sulfonamides is 2. The highest BCUT2D eigenvalue weighted by Gasteiger charge is 2.19. The van der Waals surface area contributed by atoms with Gasteiger partial charge < -0.3 is 5.73 Å². The molecule has 1 rings (SSSR count). The van der Waals surface area contributed by atoms with Crippen molar-refractivity contribution in [2.75, 3.05) is 5.73 Å². The molecule has 0 amide bonds. The Morgan fingerprint density at radius 2 is 1.38 bits per heavy atom. The lowest BCUT2D eigenvalue weighted by atomic mass is 10.2. The number of nitrogens with two attached hydrogens (primary N) is 3. The molecule has 0 aliphatic rings. The number of hydrogen-bond acceptors (Lipinski definition) is 5. The molecule has 7 nitrogen and oxygen atoms in total. The molecule has 9 heteroatoms. The van der Waals surface area contributed by atoms with E-state index in [9.17, 15) is 16.8 Å². The summed E-state index contributed by atoms with van der Waals surface area (Å²) in [6.45, 7) is 1.40. The zero-order valence-corrected chi connectivity index (χ0v) is 9.97. The molecule has 90 valence electrons. The maximum Gasteiger partial charge on any atom is 0.240 e. The van der Waals surface area contributed by atoms with Crippen molar-refractivity contribution in [1.29, 1.82) is 0 Å². The number of sulfonamides is 2. The molecule has 6 N–H and O–H groups in total. The van der Waals surface area contributed by atoms with Crippen molar-refractivity contribution in [3.8, 4) is 0 Å². The molecule has 16 heavy (non-hydrogen) atoms. The molecule has 0 aliphatic carbocycles. The first-order valence-corrected chi connectivity index (χ1v) is 7.08. The Kier molecular flexibility index (Phi) is 2.98. The summed E-state index contributed by atoms with van der Waals surface area (Å²) >= 11 is 0. The normalized spacial score (nSPS) is 12.7. The first-order valence-electron chi connectivity index (χ1n) is 3.99. The van der Waals surface area contributed by atoms with E-state index in [0.29, 0.717) is 0 Å². The Labute approximate surface area is 93.3 Å². The van der Waals surface area contributed by atoms with Crippen molar-refractivity contribution in [1.82, 2.24) is 0 Å². The minimum Gasteiger partial charge on any atom is -0.398 e. The molecule has 0 radical (unpaired) electrons. The zero-order valence-electron chi connectivity index (χ0n) is 8.34. The van der Waals surface area contributed by atoms with Crippen LogP contribution in [-0.2, 0) is 20.0 Å². The molecule has 0 atom stereocenters. The van der Waals surface area contributed by atoms with Gasteiger partial charge in [0.2, 0.25) is 20.0 Å². The Morgan fingerprint density at radius 1 is 0.938 bits per heavy atom. The molecule has 1 aromatic rings. The molecule has 0 saturated heterocycles. The van der Waals surface area contributed by atoms with Crippen LogP contribution in [0.15, 0.2) is 21.9 Å². The highest BCUT2D eigenvalue weighted by Crippen LogP contribution is 2.24. The van der Waals surface area contributed by atoms with Gasteiger partial charge in [-0.2, -0.15) is 0 Å². The number of rotatable bonds is 2. The summed E-state index contributed by atoms with van der Waals surface area (Å²) in [6, 6.07) is 2.05. The van der Waals surface area contributed by atoms with Crippen LogP contribution in [0, 0.1) is 6.92 Å².